The van der Waals surface area contributed by atoms with Gasteiger partial charge >= 0.3 is 0 Å². The summed E-state index contributed by atoms with van der Waals surface area (Å²) in [6, 6.07) is 37.6. The van der Waals surface area contributed by atoms with E-state index in [1.165, 1.54) is 0 Å². The normalized spacial score (nSPS) is 12.2. The molecule has 9 heteroatoms. The highest BCUT2D eigenvalue weighted by Crippen LogP contribution is 2.40. The molecule has 0 heterocycles. The Hall–Kier alpha value is -5.25. The van der Waals surface area contributed by atoms with Gasteiger partial charge in [-0.05, 0) is 110 Å². The summed E-state index contributed by atoms with van der Waals surface area (Å²) in [6.07, 6.45) is 0.794. The first-order valence-corrected chi connectivity index (χ1v) is 23.0. The summed E-state index contributed by atoms with van der Waals surface area (Å²) in [5.41, 5.74) is 4.99. The molecule has 0 aliphatic heterocycles. The molecule has 5 aromatic rings. The minimum atomic E-state index is -1.94. The average Bonchev–Trinajstić information content (AvgIpc) is 3.20. The highest BCUT2D eigenvalue weighted by molar-refractivity contribution is 6.74. The molecule has 5 aromatic carbocycles. The zero-order valence-corrected chi connectivity index (χ0v) is 37.0. The lowest BCUT2D eigenvalue weighted by atomic mass is 10.0. The number of methoxy groups -OCH3 is 2. The molecular formula is C49H61NO7Si. The largest absolute Gasteiger partial charge is 0.493 e. The zero-order valence-electron chi connectivity index (χ0n) is 36.0. The van der Waals surface area contributed by atoms with Crippen molar-refractivity contribution in [3.8, 4) is 34.5 Å². The molecule has 58 heavy (non-hydrogen) atoms. The van der Waals surface area contributed by atoms with Crippen LogP contribution in [0.25, 0.3) is 0 Å². The van der Waals surface area contributed by atoms with Gasteiger partial charge in [0.05, 0.1) is 39.4 Å². The fraction of sp³-hybridized carbons (Fsp3) is 0.367. The van der Waals surface area contributed by atoms with Crippen LogP contribution in [0.1, 0.15) is 75.4 Å². The van der Waals surface area contributed by atoms with Crippen molar-refractivity contribution in [1.82, 2.24) is 4.90 Å². The summed E-state index contributed by atoms with van der Waals surface area (Å²) in [6.45, 7) is 18.7. The first-order chi connectivity index (χ1) is 27.7. The number of ether oxygens (including phenoxy) is 5. The van der Waals surface area contributed by atoms with Crippen molar-refractivity contribution < 1.29 is 32.9 Å². The van der Waals surface area contributed by atoms with E-state index in [9.17, 15) is 4.79 Å². The maximum absolute atomic E-state index is 14.3. The molecule has 0 spiro atoms. The van der Waals surface area contributed by atoms with Crippen molar-refractivity contribution in [3.63, 3.8) is 0 Å². The molecular weight excluding hydrogens is 743 g/mol. The van der Waals surface area contributed by atoms with Crippen molar-refractivity contribution in [1.29, 1.82) is 0 Å². The van der Waals surface area contributed by atoms with E-state index in [0.717, 1.165) is 27.8 Å². The average molecular weight is 804 g/mol. The minimum Gasteiger partial charge on any atom is -0.493 e. The number of carbonyl (C=O) groups excluding carboxylic acids is 1. The van der Waals surface area contributed by atoms with E-state index in [1.54, 1.807) is 14.2 Å². The molecule has 0 fully saturated rings. The SMILES string of the molecule is COc1cc(CCN(C(=O)Cc2ccc(Oc3cc(CO[Si](C)(C)C(C)(C)C)ccc3OC(C)C)cc2)[C@@H](C)c2ccccc2)cc(OCc2ccccc2)c1OC. The van der Waals surface area contributed by atoms with Crippen molar-refractivity contribution in [2.24, 2.45) is 0 Å². The molecule has 0 aliphatic carbocycles. The van der Waals surface area contributed by atoms with Crippen LogP contribution in [0.2, 0.25) is 18.1 Å². The number of hydrogen-bond acceptors (Lipinski definition) is 7. The van der Waals surface area contributed by atoms with E-state index in [2.05, 4.69) is 52.9 Å². The lowest BCUT2D eigenvalue weighted by Crippen LogP contribution is -2.40. The molecule has 0 aliphatic rings. The summed E-state index contributed by atoms with van der Waals surface area (Å²) in [5.74, 6) is 3.67. The monoisotopic (exact) mass is 803 g/mol. The predicted molar refractivity (Wildman–Crippen MR) is 235 cm³/mol. The predicted octanol–water partition coefficient (Wildman–Crippen LogP) is 11.8. The third kappa shape index (κ3) is 11.9. The smallest absolute Gasteiger partial charge is 0.227 e. The van der Waals surface area contributed by atoms with Crippen LogP contribution in [0.5, 0.6) is 34.5 Å². The number of carbonyl (C=O) groups is 1. The van der Waals surface area contributed by atoms with Gasteiger partial charge in [0.1, 0.15) is 12.4 Å². The Bertz CT molecular complexity index is 2060. The second kappa shape index (κ2) is 19.9. The van der Waals surface area contributed by atoms with E-state index in [0.29, 0.717) is 60.7 Å². The first kappa shape index (κ1) is 43.9. The fourth-order valence-electron chi connectivity index (χ4n) is 6.30. The number of nitrogens with zero attached hydrogens (tertiary/aromatic N) is 1. The second-order valence-electron chi connectivity index (χ2n) is 16.4. The number of hydrogen-bond donors (Lipinski definition) is 0. The number of benzene rings is 5. The van der Waals surface area contributed by atoms with Gasteiger partial charge in [-0.3, -0.25) is 4.79 Å². The van der Waals surface area contributed by atoms with Gasteiger partial charge < -0.3 is 33.0 Å². The summed E-state index contributed by atoms with van der Waals surface area (Å²) in [7, 11) is 1.29. The molecule has 0 unspecified atom stereocenters. The van der Waals surface area contributed by atoms with E-state index in [1.807, 2.05) is 122 Å². The van der Waals surface area contributed by atoms with Crippen molar-refractivity contribution in [2.45, 2.75) is 97.9 Å². The van der Waals surface area contributed by atoms with Crippen LogP contribution in [0.4, 0.5) is 0 Å². The Balaban J connectivity index is 1.32. The van der Waals surface area contributed by atoms with E-state index < -0.39 is 8.32 Å². The molecule has 0 N–H and O–H groups in total. The van der Waals surface area contributed by atoms with Gasteiger partial charge in [0.2, 0.25) is 11.7 Å². The van der Waals surface area contributed by atoms with Gasteiger partial charge in [-0.25, -0.2) is 0 Å². The maximum Gasteiger partial charge on any atom is 0.227 e. The van der Waals surface area contributed by atoms with Crippen molar-refractivity contribution in [2.75, 3.05) is 20.8 Å². The summed E-state index contributed by atoms with van der Waals surface area (Å²) in [4.78, 5) is 16.2. The summed E-state index contributed by atoms with van der Waals surface area (Å²) < 4.78 is 36.7. The van der Waals surface area contributed by atoms with Gasteiger partial charge in [0.15, 0.2) is 31.3 Å². The number of rotatable bonds is 19. The molecule has 1 amide bonds. The first-order valence-electron chi connectivity index (χ1n) is 20.1. The van der Waals surface area contributed by atoms with E-state index >= 15 is 0 Å². The number of amides is 1. The Labute approximate surface area is 347 Å². The van der Waals surface area contributed by atoms with Gasteiger partial charge in [-0.15, -0.1) is 0 Å². The molecule has 0 radical (unpaired) electrons. The molecule has 1 atom stereocenters. The van der Waals surface area contributed by atoms with Crippen LogP contribution in [0, 0.1) is 0 Å². The second-order valence-corrected chi connectivity index (χ2v) is 21.3. The van der Waals surface area contributed by atoms with Crippen molar-refractivity contribution in [3.05, 3.63) is 143 Å². The molecule has 0 saturated carbocycles. The van der Waals surface area contributed by atoms with Gasteiger partial charge in [0, 0.05) is 6.54 Å². The van der Waals surface area contributed by atoms with E-state index in [4.69, 9.17) is 28.1 Å². The van der Waals surface area contributed by atoms with E-state index in [-0.39, 0.29) is 29.5 Å². The standard InChI is InChI=1S/C49H61NO7Si/c1-35(2)56-43-26-23-40(34-55-58(9,10)49(4,5)6)31-44(43)57-42-24-21-37(22-25-42)32-47(51)50(36(3)41-19-15-12-16-20-41)28-27-39-29-45(52-7)48(53-8)46(30-39)54-33-38-17-13-11-14-18-38/h11-26,29-31,35-36H,27-28,32-34H2,1-10H3/t36-/m0/s1. The van der Waals surface area contributed by atoms with Crippen LogP contribution in [0.15, 0.2) is 115 Å². The fourth-order valence-corrected chi connectivity index (χ4v) is 7.26. The van der Waals surface area contributed by atoms with Crippen LogP contribution < -0.4 is 23.7 Å². The lowest BCUT2D eigenvalue weighted by molar-refractivity contribution is -0.132. The topological polar surface area (TPSA) is 75.7 Å². The lowest BCUT2D eigenvalue weighted by Gasteiger charge is -2.36. The van der Waals surface area contributed by atoms with Crippen LogP contribution >= 0.6 is 0 Å². The van der Waals surface area contributed by atoms with Crippen LogP contribution in [-0.2, 0) is 35.3 Å². The molecule has 8 nitrogen and oxygen atoms in total. The van der Waals surface area contributed by atoms with Gasteiger partial charge in [-0.2, -0.15) is 0 Å². The third-order valence-corrected chi connectivity index (χ3v) is 15.2. The molecule has 0 aromatic heterocycles. The van der Waals surface area contributed by atoms with Gasteiger partial charge in [0.25, 0.3) is 0 Å². The Morgan fingerprint density at radius 1 is 0.672 bits per heavy atom. The van der Waals surface area contributed by atoms with Crippen LogP contribution in [-0.4, -0.2) is 46.0 Å². The maximum atomic E-state index is 14.3. The van der Waals surface area contributed by atoms with Gasteiger partial charge in [-0.1, -0.05) is 99.6 Å². The zero-order chi connectivity index (χ0) is 41.9. The highest BCUT2D eigenvalue weighted by atomic mass is 28.4. The minimum absolute atomic E-state index is 0.0203. The molecule has 5 rings (SSSR count). The Morgan fingerprint density at radius 3 is 1.91 bits per heavy atom. The molecule has 0 bridgehead atoms. The third-order valence-electron chi connectivity index (χ3n) is 10.7. The summed E-state index contributed by atoms with van der Waals surface area (Å²) in [5, 5.41) is 0.111. The molecule has 308 valence electrons. The Kier molecular flexibility index (Phi) is 15.1. The highest BCUT2D eigenvalue weighted by Gasteiger charge is 2.37. The van der Waals surface area contributed by atoms with Crippen molar-refractivity contribution >= 4 is 14.2 Å². The van der Waals surface area contributed by atoms with Crippen LogP contribution in [0.3, 0.4) is 0 Å². The quantitative estimate of drug-likeness (QED) is 0.0770. The summed E-state index contributed by atoms with van der Waals surface area (Å²) >= 11 is 0. The Morgan fingerprint density at radius 2 is 1.29 bits per heavy atom. The molecule has 0 saturated heterocycles.